The third-order valence-electron chi connectivity index (χ3n) is 4.92. The molecule has 0 saturated carbocycles. The van der Waals surface area contributed by atoms with E-state index in [9.17, 15) is 10.2 Å². The van der Waals surface area contributed by atoms with Crippen molar-refractivity contribution in [3.8, 4) is 28.7 Å². The fourth-order valence-corrected chi connectivity index (χ4v) is 3.64. The SMILES string of the molecule is COc1c2c(cc3c1CC(c1ccc(O)cc1O)CO3)OC(C)(C)C=C2. The van der Waals surface area contributed by atoms with Crippen molar-refractivity contribution in [2.75, 3.05) is 13.7 Å². The Morgan fingerprint density at radius 2 is 1.96 bits per heavy atom. The van der Waals surface area contributed by atoms with Gasteiger partial charge in [0.2, 0.25) is 0 Å². The monoisotopic (exact) mass is 354 g/mol. The second kappa shape index (κ2) is 5.87. The molecule has 4 rings (SSSR count). The van der Waals surface area contributed by atoms with Gasteiger partial charge in [0.25, 0.3) is 0 Å². The largest absolute Gasteiger partial charge is 0.508 e. The number of methoxy groups -OCH3 is 1. The molecule has 1 atom stereocenters. The maximum atomic E-state index is 10.2. The van der Waals surface area contributed by atoms with Gasteiger partial charge in [-0.15, -0.1) is 0 Å². The quantitative estimate of drug-likeness (QED) is 0.853. The summed E-state index contributed by atoms with van der Waals surface area (Å²) in [6, 6.07) is 6.59. The number of aromatic hydroxyl groups is 2. The van der Waals surface area contributed by atoms with Gasteiger partial charge in [0.15, 0.2) is 0 Å². The van der Waals surface area contributed by atoms with Crippen LogP contribution in [-0.2, 0) is 6.42 Å². The van der Waals surface area contributed by atoms with Gasteiger partial charge < -0.3 is 24.4 Å². The molecule has 0 amide bonds. The third kappa shape index (κ3) is 2.73. The lowest BCUT2D eigenvalue weighted by Gasteiger charge is -2.33. The van der Waals surface area contributed by atoms with Crippen molar-refractivity contribution in [2.45, 2.75) is 31.8 Å². The highest BCUT2D eigenvalue weighted by molar-refractivity contribution is 5.72. The van der Waals surface area contributed by atoms with Crippen LogP contribution in [0.1, 0.15) is 36.5 Å². The van der Waals surface area contributed by atoms with Gasteiger partial charge in [0, 0.05) is 29.2 Å². The van der Waals surface area contributed by atoms with E-state index in [-0.39, 0.29) is 23.0 Å². The molecule has 136 valence electrons. The topological polar surface area (TPSA) is 68.2 Å². The highest BCUT2D eigenvalue weighted by Crippen LogP contribution is 2.48. The minimum Gasteiger partial charge on any atom is -0.508 e. The highest BCUT2D eigenvalue weighted by atomic mass is 16.5. The van der Waals surface area contributed by atoms with Crippen molar-refractivity contribution >= 4 is 6.08 Å². The first-order valence-corrected chi connectivity index (χ1v) is 8.65. The summed E-state index contributed by atoms with van der Waals surface area (Å²) in [7, 11) is 1.64. The fraction of sp³-hybridized carbons (Fsp3) is 0.333. The Hall–Kier alpha value is -2.82. The van der Waals surface area contributed by atoms with Crippen molar-refractivity contribution in [2.24, 2.45) is 0 Å². The molecule has 5 nitrogen and oxygen atoms in total. The van der Waals surface area contributed by atoms with Crippen LogP contribution in [0.4, 0.5) is 0 Å². The summed E-state index contributed by atoms with van der Waals surface area (Å²) < 4.78 is 17.8. The number of phenolic OH excluding ortho intramolecular Hbond substituents is 2. The van der Waals surface area contributed by atoms with E-state index in [1.54, 1.807) is 19.2 Å². The van der Waals surface area contributed by atoms with Gasteiger partial charge in [-0.3, -0.25) is 0 Å². The Labute approximate surface area is 152 Å². The highest BCUT2D eigenvalue weighted by Gasteiger charge is 2.32. The van der Waals surface area contributed by atoms with Crippen LogP contribution in [0.2, 0.25) is 0 Å². The van der Waals surface area contributed by atoms with Gasteiger partial charge >= 0.3 is 0 Å². The van der Waals surface area contributed by atoms with Crippen LogP contribution in [-0.4, -0.2) is 29.5 Å². The molecule has 2 aromatic rings. The van der Waals surface area contributed by atoms with Gasteiger partial charge in [-0.05, 0) is 38.5 Å². The molecule has 0 aliphatic carbocycles. The molecule has 1 unspecified atom stereocenters. The van der Waals surface area contributed by atoms with Crippen molar-refractivity contribution in [3.05, 3.63) is 47.0 Å². The van der Waals surface area contributed by atoms with Gasteiger partial charge in [0.1, 0.15) is 34.3 Å². The number of benzene rings is 2. The number of rotatable bonds is 2. The van der Waals surface area contributed by atoms with Gasteiger partial charge in [0.05, 0.1) is 19.3 Å². The van der Waals surface area contributed by atoms with Crippen LogP contribution in [0.25, 0.3) is 6.08 Å². The molecule has 0 saturated heterocycles. The summed E-state index contributed by atoms with van der Waals surface area (Å²) in [5.74, 6) is 2.33. The van der Waals surface area contributed by atoms with Crippen molar-refractivity contribution in [1.29, 1.82) is 0 Å². The maximum absolute atomic E-state index is 10.2. The predicted octanol–water partition coefficient (Wildman–Crippen LogP) is 4.01. The van der Waals surface area contributed by atoms with E-state index in [0.29, 0.717) is 13.0 Å². The van der Waals surface area contributed by atoms with Crippen LogP contribution in [0.3, 0.4) is 0 Å². The molecule has 0 bridgehead atoms. The Bertz CT molecular complexity index is 898. The fourth-order valence-electron chi connectivity index (χ4n) is 3.64. The predicted molar refractivity (Wildman–Crippen MR) is 98.4 cm³/mol. The molecule has 26 heavy (non-hydrogen) atoms. The normalized spacial score (nSPS) is 19.7. The first kappa shape index (κ1) is 16.6. The van der Waals surface area contributed by atoms with Gasteiger partial charge in [-0.2, -0.15) is 0 Å². The van der Waals surface area contributed by atoms with Crippen LogP contribution < -0.4 is 14.2 Å². The summed E-state index contributed by atoms with van der Waals surface area (Å²) in [4.78, 5) is 0. The van der Waals surface area contributed by atoms with E-state index in [4.69, 9.17) is 14.2 Å². The van der Waals surface area contributed by atoms with Gasteiger partial charge in [-0.25, -0.2) is 0 Å². The molecule has 2 aromatic carbocycles. The standard InChI is InChI=1S/C21H22O5/c1-21(2)7-6-15-19(26-21)10-18-16(20(15)24-3)8-12(11-25-18)14-5-4-13(22)9-17(14)23/h4-7,9-10,12,22-23H,8,11H2,1-3H3. The van der Waals surface area contributed by atoms with E-state index >= 15 is 0 Å². The lowest BCUT2D eigenvalue weighted by atomic mass is 9.87. The molecule has 0 fully saturated rings. The van der Waals surface area contributed by atoms with Crippen LogP contribution in [0.15, 0.2) is 30.3 Å². The molecule has 2 aliphatic rings. The number of phenols is 2. The Balaban J connectivity index is 1.75. The molecule has 0 aromatic heterocycles. The summed E-state index contributed by atoms with van der Waals surface area (Å²) in [5.41, 5.74) is 2.25. The minimum atomic E-state index is -0.374. The molecule has 5 heteroatoms. The molecule has 0 radical (unpaired) electrons. The zero-order chi connectivity index (χ0) is 18.5. The number of fused-ring (bicyclic) bond motifs is 2. The van der Waals surface area contributed by atoms with Gasteiger partial charge in [-0.1, -0.05) is 6.07 Å². The number of hydrogen-bond donors (Lipinski definition) is 2. The van der Waals surface area contributed by atoms with E-state index in [1.807, 2.05) is 32.1 Å². The van der Waals surface area contributed by atoms with Crippen molar-refractivity contribution in [3.63, 3.8) is 0 Å². The third-order valence-corrected chi connectivity index (χ3v) is 4.92. The Morgan fingerprint density at radius 3 is 2.69 bits per heavy atom. The average Bonchev–Trinajstić information content (AvgIpc) is 2.58. The first-order valence-electron chi connectivity index (χ1n) is 8.65. The van der Waals surface area contributed by atoms with Crippen LogP contribution in [0, 0.1) is 0 Å². The lowest BCUT2D eigenvalue weighted by Crippen LogP contribution is -2.28. The Morgan fingerprint density at radius 1 is 1.15 bits per heavy atom. The minimum absolute atomic E-state index is 0.0278. The Kier molecular flexibility index (Phi) is 3.75. The molecule has 2 aliphatic heterocycles. The second-order valence-electron chi connectivity index (χ2n) is 7.29. The van der Waals surface area contributed by atoms with Crippen molar-refractivity contribution in [1.82, 2.24) is 0 Å². The zero-order valence-corrected chi connectivity index (χ0v) is 15.1. The van der Waals surface area contributed by atoms with Crippen LogP contribution >= 0.6 is 0 Å². The van der Waals surface area contributed by atoms with E-state index < -0.39 is 0 Å². The average molecular weight is 354 g/mol. The zero-order valence-electron chi connectivity index (χ0n) is 15.1. The van der Waals surface area contributed by atoms with Crippen molar-refractivity contribution < 1.29 is 24.4 Å². The summed E-state index contributed by atoms with van der Waals surface area (Å²) >= 11 is 0. The molecular formula is C21H22O5. The molecule has 0 spiro atoms. The van der Waals surface area contributed by atoms with E-state index in [1.165, 1.54) is 6.07 Å². The molecule has 2 N–H and O–H groups in total. The molecular weight excluding hydrogens is 332 g/mol. The number of ether oxygens (including phenoxy) is 3. The summed E-state index contributed by atoms with van der Waals surface area (Å²) in [5, 5.41) is 19.7. The number of hydrogen-bond acceptors (Lipinski definition) is 5. The van der Waals surface area contributed by atoms with E-state index in [2.05, 4.69) is 0 Å². The maximum Gasteiger partial charge on any atom is 0.136 e. The first-order chi connectivity index (χ1) is 12.4. The summed E-state index contributed by atoms with van der Waals surface area (Å²) in [6.45, 7) is 4.44. The molecule has 2 heterocycles. The van der Waals surface area contributed by atoms with Crippen LogP contribution in [0.5, 0.6) is 28.7 Å². The summed E-state index contributed by atoms with van der Waals surface area (Å²) in [6.07, 6.45) is 4.71. The second-order valence-corrected chi connectivity index (χ2v) is 7.29. The lowest BCUT2D eigenvalue weighted by molar-refractivity contribution is 0.156. The van der Waals surface area contributed by atoms with E-state index in [0.717, 1.165) is 33.9 Å². The smallest absolute Gasteiger partial charge is 0.136 e.